The molecule has 1 aromatic carbocycles. The molecule has 3 N–H and O–H groups in total. The summed E-state index contributed by atoms with van der Waals surface area (Å²) in [4.78, 5) is 27.3. The molecule has 1 heterocycles. The number of hydrogen-bond donors (Lipinski definition) is 2. The first-order valence-electron chi connectivity index (χ1n) is 6.10. The second-order valence-electron chi connectivity index (χ2n) is 4.20. The number of aromatic nitrogens is 1. The minimum atomic E-state index is -0.684. The van der Waals surface area contributed by atoms with E-state index < -0.39 is 18.5 Å². The molecular weight excluding hydrogens is 329 g/mol. The van der Waals surface area contributed by atoms with Crippen LogP contribution in [-0.2, 0) is 9.53 Å². The van der Waals surface area contributed by atoms with Crippen molar-refractivity contribution in [1.29, 1.82) is 0 Å². The van der Waals surface area contributed by atoms with Gasteiger partial charge in [0.15, 0.2) is 11.8 Å². The molecule has 0 aliphatic carbocycles. The third-order valence-corrected chi connectivity index (χ3v) is 3.24. The average molecular weight is 340 g/mol. The van der Waals surface area contributed by atoms with Gasteiger partial charge < -0.3 is 15.8 Å². The zero-order valence-corrected chi connectivity index (χ0v) is 12.7. The highest BCUT2D eigenvalue weighted by Crippen LogP contribution is 2.20. The molecular formula is C14H11Cl2N3O3. The van der Waals surface area contributed by atoms with Crippen LogP contribution in [0.5, 0.6) is 0 Å². The number of pyridine rings is 1. The van der Waals surface area contributed by atoms with Gasteiger partial charge in [-0.3, -0.25) is 4.79 Å². The van der Waals surface area contributed by atoms with Crippen molar-refractivity contribution in [2.24, 2.45) is 0 Å². The van der Waals surface area contributed by atoms with Crippen molar-refractivity contribution in [1.82, 2.24) is 4.98 Å². The first-order valence-corrected chi connectivity index (χ1v) is 6.85. The molecule has 22 heavy (non-hydrogen) atoms. The van der Waals surface area contributed by atoms with Crippen LogP contribution >= 0.6 is 23.2 Å². The lowest BCUT2D eigenvalue weighted by Crippen LogP contribution is -2.21. The Kier molecular flexibility index (Phi) is 5.19. The van der Waals surface area contributed by atoms with Crippen molar-refractivity contribution >= 4 is 46.5 Å². The number of halogens is 2. The highest BCUT2D eigenvalue weighted by Gasteiger charge is 2.12. The third kappa shape index (κ3) is 4.09. The number of esters is 1. The Morgan fingerprint density at radius 3 is 2.73 bits per heavy atom. The summed E-state index contributed by atoms with van der Waals surface area (Å²) in [6.45, 7) is -0.466. The molecule has 1 aromatic heterocycles. The number of carbonyl (C=O) groups is 2. The molecule has 0 radical (unpaired) electrons. The number of anilines is 2. The van der Waals surface area contributed by atoms with Crippen molar-refractivity contribution in [3.8, 4) is 0 Å². The number of nitrogens with one attached hydrogen (secondary N) is 1. The fourth-order valence-electron chi connectivity index (χ4n) is 1.55. The topological polar surface area (TPSA) is 94.3 Å². The van der Waals surface area contributed by atoms with Crippen LogP contribution in [0.3, 0.4) is 0 Å². The molecule has 0 aliphatic rings. The minimum absolute atomic E-state index is 0.146. The number of hydrogen-bond acceptors (Lipinski definition) is 5. The van der Waals surface area contributed by atoms with E-state index in [9.17, 15) is 9.59 Å². The number of amides is 1. The molecule has 0 spiro atoms. The van der Waals surface area contributed by atoms with Gasteiger partial charge in [-0.2, -0.15) is 0 Å². The standard InChI is InChI=1S/C14H11Cl2N3O3/c15-9-4-3-8(6-10(9)17)14(21)22-7-12(20)19-11-2-1-5-18-13(11)16/h1-6H,7,17H2,(H,19,20). The molecule has 2 aromatic rings. The highest BCUT2D eigenvalue weighted by atomic mass is 35.5. The SMILES string of the molecule is Nc1cc(C(=O)OCC(=O)Nc2cccnc2Cl)ccc1Cl. The van der Waals surface area contributed by atoms with Crippen LogP contribution in [0.1, 0.15) is 10.4 Å². The number of nitrogens with zero attached hydrogens (tertiary/aromatic N) is 1. The zero-order valence-electron chi connectivity index (χ0n) is 11.2. The number of nitrogen functional groups attached to an aromatic ring is 1. The smallest absolute Gasteiger partial charge is 0.338 e. The third-order valence-electron chi connectivity index (χ3n) is 2.60. The summed E-state index contributed by atoms with van der Waals surface area (Å²) in [7, 11) is 0. The Hall–Kier alpha value is -2.31. The zero-order chi connectivity index (χ0) is 16.1. The van der Waals surface area contributed by atoms with Crippen molar-refractivity contribution in [2.75, 3.05) is 17.7 Å². The van der Waals surface area contributed by atoms with Crippen molar-refractivity contribution in [3.05, 3.63) is 52.3 Å². The van der Waals surface area contributed by atoms with Crippen LogP contribution in [0, 0.1) is 0 Å². The second-order valence-corrected chi connectivity index (χ2v) is 4.97. The molecule has 0 atom stereocenters. The fraction of sp³-hybridized carbons (Fsp3) is 0.0714. The summed E-state index contributed by atoms with van der Waals surface area (Å²) < 4.78 is 4.88. The van der Waals surface area contributed by atoms with Gasteiger partial charge >= 0.3 is 5.97 Å². The number of rotatable bonds is 4. The van der Waals surface area contributed by atoms with E-state index in [0.717, 1.165) is 0 Å². The molecule has 0 bridgehead atoms. The highest BCUT2D eigenvalue weighted by molar-refractivity contribution is 6.33. The van der Waals surface area contributed by atoms with Crippen molar-refractivity contribution in [3.63, 3.8) is 0 Å². The van der Waals surface area contributed by atoms with Crippen molar-refractivity contribution in [2.45, 2.75) is 0 Å². The van der Waals surface area contributed by atoms with Crippen LogP contribution in [0.4, 0.5) is 11.4 Å². The van der Waals surface area contributed by atoms with Crippen molar-refractivity contribution < 1.29 is 14.3 Å². The largest absolute Gasteiger partial charge is 0.452 e. The van der Waals surface area contributed by atoms with E-state index in [4.69, 9.17) is 33.7 Å². The van der Waals surface area contributed by atoms with Crippen LogP contribution in [-0.4, -0.2) is 23.5 Å². The van der Waals surface area contributed by atoms with E-state index in [0.29, 0.717) is 10.7 Å². The maximum Gasteiger partial charge on any atom is 0.338 e. The molecule has 114 valence electrons. The fourth-order valence-corrected chi connectivity index (χ4v) is 1.83. The quantitative estimate of drug-likeness (QED) is 0.507. The summed E-state index contributed by atoms with van der Waals surface area (Å²) in [6, 6.07) is 7.50. The van der Waals surface area contributed by atoms with Crippen LogP contribution in [0.15, 0.2) is 36.5 Å². The Bertz CT molecular complexity index is 722. The normalized spacial score (nSPS) is 10.1. The Morgan fingerprint density at radius 1 is 1.27 bits per heavy atom. The van der Waals surface area contributed by atoms with Gasteiger partial charge in [-0.1, -0.05) is 23.2 Å². The summed E-state index contributed by atoms with van der Waals surface area (Å²) in [5.41, 5.74) is 6.38. The first kappa shape index (κ1) is 16.1. The Labute approximate surface area is 136 Å². The molecule has 8 heteroatoms. The molecule has 2 rings (SSSR count). The van der Waals surface area contributed by atoms with Gasteiger partial charge in [0.25, 0.3) is 5.91 Å². The second kappa shape index (κ2) is 7.11. The van der Waals surface area contributed by atoms with Gasteiger partial charge in [-0.15, -0.1) is 0 Å². The number of ether oxygens (including phenoxy) is 1. The lowest BCUT2D eigenvalue weighted by molar-refractivity contribution is -0.119. The molecule has 0 saturated heterocycles. The molecule has 1 amide bonds. The minimum Gasteiger partial charge on any atom is -0.452 e. The molecule has 0 fully saturated rings. The predicted molar refractivity (Wildman–Crippen MR) is 84.0 cm³/mol. The predicted octanol–water partition coefficient (Wildman–Crippen LogP) is 2.77. The Balaban J connectivity index is 1.92. The van der Waals surface area contributed by atoms with Crippen LogP contribution in [0.25, 0.3) is 0 Å². The number of carbonyl (C=O) groups excluding carboxylic acids is 2. The van der Waals surface area contributed by atoms with E-state index in [1.54, 1.807) is 12.1 Å². The van der Waals surface area contributed by atoms with Gasteiger partial charge in [0.1, 0.15) is 0 Å². The molecule has 6 nitrogen and oxygen atoms in total. The van der Waals surface area contributed by atoms with Gasteiger partial charge in [0.2, 0.25) is 0 Å². The summed E-state index contributed by atoms with van der Waals surface area (Å²) in [5.74, 6) is -1.22. The van der Waals surface area contributed by atoms with Gasteiger partial charge in [0.05, 0.1) is 22.0 Å². The summed E-state index contributed by atoms with van der Waals surface area (Å²) in [6.07, 6.45) is 1.49. The van der Waals surface area contributed by atoms with E-state index in [1.165, 1.54) is 24.4 Å². The molecule has 0 saturated carbocycles. The number of benzene rings is 1. The Morgan fingerprint density at radius 2 is 2.05 bits per heavy atom. The van der Waals surface area contributed by atoms with E-state index in [2.05, 4.69) is 10.3 Å². The van der Waals surface area contributed by atoms with Crippen LogP contribution in [0.2, 0.25) is 10.2 Å². The number of nitrogens with two attached hydrogens (primary N) is 1. The summed E-state index contributed by atoms with van der Waals surface area (Å²) >= 11 is 11.6. The summed E-state index contributed by atoms with van der Waals surface area (Å²) in [5, 5.41) is 2.96. The maximum atomic E-state index is 11.8. The van der Waals surface area contributed by atoms with Gasteiger partial charge in [0, 0.05) is 6.20 Å². The monoisotopic (exact) mass is 339 g/mol. The lowest BCUT2D eigenvalue weighted by atomic mass is 10.2. The van der Waals surface area contributed by atoms with Gasteiger partial charge in [-0.05, 0) is 30.3 Å². The maximum absolute atomic E-state index is 11.8. The van der Waals surface area contributed by atoms with E-state index in [1.807, 2.05) is 0 Å². The van der Waals surface area contributed by atoms with E-state index >= 15 is 0 Å². The first-order chi connectivity index (χ1) is 10.5. The van der Waals surface area contributed by atoms with Gasteiger partial charge in [-0.25, -0.2) is 9.78 Å². The average Bonchev–Trinajstić information content (AvgIpc) is 2.50. The van der Waals surface area contributed by atoms with Crippen LogP contribution < -0.4 is 11.1 Å². The molecule has 0 aliphatic heterocycles. The van der Waals surface area contributed by atoms with E-state index in [-0.39, 0.29) is 16.4 Å². The molecule has 0 unspecified atom stereocenters. The lowest BCUT2D eigenvalue weighted by Gasteiger charge is -2.08.